The normalized spacial score (nSPS) is 12.4. The molecule has 0 radical (unpaired) electrons. The van der Waals surface area contributed by atoms with E-state index in [1.54, 1.807) is 25.2 Å². The van der Waals surface area contributed by atoms with Gasteiger partial charge >= 0.3 is 0 Å². The fourth-order valence-electron chi connectivity index (χ4n) is 1.98. The van der Waals surface area contributed by atoms with Crippen molar-refractivity contribution in [3.63, 3.8) is 0 Å². The summed E-state index contributed by atoms with van der Waals surface area (Å²) in [6, 6.07) is 10.4. The first kappa shape index (κ1) is 12.5. The van der Waals surface area contributed by atoms with Crippen molar-refractivity contribution in [1.82, 2.24) is 5.32 Å². The number of rotatable bonds is 3. The van der Waals surface area contributed by atoms with Gasteiger partial charge in [0.1, 0.15) is 11.6 Å². The van der Waals surface area contributed by atoms with E-state index in [4.69, 9.17) is 5.73 Å². The predicted octanol–water partition coefficient (Wildman–Crippen LogP) is 2.86. The van der Waals surface area contributed by atoms with Gasteiger partial charge in [-0.25, -0.2) is 8.78 Å². The minimum absolute atomic E-state index is 0.353. The van der Waals surface area contributed by atoms with Gasteiger partial charge < -0.3 is 11.1 Å². The van der Waals surface area contributed by atoms with Crippen molar-refractivity contribution in [2.45, 2.75) is 6.04 Å². The number of nitrogens with one attached hydrogen (secondary N) is 1. The van der Waals surface area contributed by atoms with E-state index >= 15 is 0 Å². The van der Waals surface area contributed by atoms with Gasteiger partial charge in [0, 0.05) is 17.3 Å². The topological polar surface area (TPSA) is 38.0 Å². The van der Waals surface area contributed by atoms with E-state index in [-0.39, 0.29) is 6.04 Å². The maximum atomic E-state index is 13.8. The van der Waals surface area contributed by atoms with Crippen LogP contribution in [0, 0.1) is 11.6 Å². The van der Waals surface area contributed by atoms with Gasteiger partial charge in [-0.1, -0.05) is 18.2 Å². The molecule has 0 fully saturated rings. The van der Waals surface area contributed by atoms with E-state index in [2.05, 4.69) is 5.32 Å². The number of hydrogen-bond acceptors (Lipinski definition) is 2. The summed E-state index contributed by atoms with van der Waals surface area (Å²) in [6.45, 7) is 0. The third kappa shape index (κ3) is 2.49. The fourth-order valence-corrected chi connectivity index (χ4v) is 1.98. The largest absolute Gasteiger partial charge is 0.399 e. The summed E-state index contributed by atoms with van der Waals surface area (Å²) in [6.07, 6.45) is 0. The molecule has 4 heteroatoms. The smallest absolute Gasteiger partial charge is 0.131 e. The van der Waals surface area contributed by atoms with Gasteiger partial charge in [-0.2, -0.15) is 0 Å². The molecule has 3 N–H and O–H groups in total. The van der Waals surface area contributed by atoms with Crippen LogP contribution in [0.4, 0.5) is 14.5 Å². The molecular weight excluding hydrogens is 234 g/mol. The zero-order valence-corrected chi connectivity index (χ0v) is 9.95. The Morgan fingerprint density at radius 2 is 1.89 bits per heavy atom. The zero-order valence-electron chi connectivity index (χ0n) is 9.95. The highest BCUT2D eigenvalue weighted by Crippen LogP contribution is 2.25. The Morgan fingerprint density at radius 3 is 2.50 bits per heavy atom. The highest BCUT2D eigenvalue weighted by Gasteiger charge is 2.16. The molecule has 0 aliphatic carbocycles. The van der Waals surface area contributed by atoms with Crippen molar-refractivity contribution in [2.75, 3.05) is 12.8 Å². The van der Waals surface area contributed by atoms with E-state index in [9.17, 15) is 8.78 Å². The van der Waals surface area contributed by atoms with Crippen molar-refractivity contribution in [1.29, 1.82) is 0 Å². The third-order valence-corrected chi connectivity index (χ3v) is 2.81. The molecule has 0 bridgehead atoms. The summed E-state index contributed by atoms with van der Waals surface area (Å²) < 4.78 is 26.7. The molecule has 2 nitrogen and oxygen atoms in total. The Bertz CT molecular complexity index is 555. The first-order valence-electron chi connectivity index (χ1n) is 5.59. The molecule has 2 rings (SSSR count). The summed E-state index contributed by atoms with van der Waals surface area (Å²) >= 11 is 0. The maximum Gasteiger partial charge on any atom is 0.131 e. The second-order valence-electron chi connectivity index (χ2n) is 4.06. The van der Waals surface area contributed by atoms with Gasteiger partial charge in [0.15, 0.2) is 0 Å². The number of halogens is 2. The first-order chi connectivity index (χ1) is 8.61. The molecule has 1 atom stereocenters. The molecule has 94 valence electrons. The van der Waals surface area contributed by atoms with Gasteiger partial charge in [-0.3, -0.25) is 0 Å². The Balaban J connectivity index is 2.45. The van der Waals surface area contributed by atoms with Gasteiger partial charge in [0.25, 0.3) is 0 Å². The van der Waals surface area contributed by atoms with E-state index < -0.39 is 11.6 Å². The molecule has 0 saturated carbocycles. The van der Waals surface area contributed by atoms with Crippen LogP contribution in [0.5, 0.6) is 0 Å². The first-order valence-corrected chi connectivity index (χ1v) is 5.59. The molecule has 2 aromatic carbocycles. The number of hydrogen-bond donors (Lipinski definition) is 2. The quantitative estimate of drug-likeness (QED) is 0.820. The maximum absolute atomic E-state index is 13.8. The van der Waals surface area contributed by atoms with Crippen LogP contribution in [0.25, 0.3) is 0 Å². The minimum Gasteiger partial charge on any atom is -0.399 e. The lowest BCUT2D eigenvalue weighted by molar-refractivity contribution is 0.552. The molecule has 0 saturated heterocycles. The average molecular weight is 248 g/mol. The molecular formula is C14H14F2N2. The van der Waals surface area contributed by atoms with Gasteiger partial charge in [0.2, 0.25) is 0 Å². The van der Waals surface area contributed by atoms with Crippen LogP contribution < -0.4 is 11.1 Å². The Morgan fingerprint density at radius 1 is 1.11 bits per heavy atom. The molecule has 0 heterocycles. The van der Waals surface area contributed by atoms with Crippen LogP contribution in [-0.4, -0.2) is 7.05 Å². The Labute approximate surface area is 104 Å². The third-order valence-electron chi connectivity index (χ3n) is 2.81. The molecule has 0 aliphatic heterocycles. The zero-order chi connectivity index (χ0) is 13.1. The summed E-state index contributed by atoms with van der Waals surface area (Å²) in [4.78, 5) is 0. The lowest BCUT2D eigenvalue weighted by atomic mass is 9.98. The van der Waals surface area contributed by atoms with Crippen molar-refractivity contribution >= 4 is 5.69 Å². The van der Waals surface area contributed by atoms with Crippen molar-refractivity contribution in [3.8, 4) is 0 Å². The summed E-state index contributed by atoms with van der Waals surface area (Å²) in [5, 5.41) is 3.00. The lowest BCUT2D eigenvalue weighted by Crippen LogP contribution is -2.19. The van der Waals surface area contributed by atoms with Gasteiger partial charge in [-0.05, 0) is 30.8 Å². The molecule has 18 heavy (non-hydrogen) atoms. The number of nitrogen functional groups attached to an aromatic ring is 1. The van der Waals surface area contributed by atoms with Crippen LogP contribution in [0.15, 0.2) is 42.5 Å². The van der Waals surface area contributed by atoms with Crippen LogP contribution in [0.2, 0.25) is 0 Å². The predicted molar refractivity (Wildman–Crippen MR) is 68.1 cm³/mol. The summed E-state index contributed by atoms with van der Waals surface area (Å²) in [5.41, 5.74) is 7.55. The van der Waals surface area contributed by atoms with E-state index in [1.807, 2.05) is 6.07 Å². The van der Waals surface area contributed by atoms with E-state index in [0.29, 0.717) is 11.3 Å². The van der Waals surface area contributed by atoms with Crippen molar-refractivity contribution < 1.29 is 8.78 Å². The van der Waals surface area contributed by atoms with Crippen LogP contribution in [0.3, 0.4) is 0 Å². The molecule has 0 amide bonds. The molecule has 2 aromatic rings. The Hall–Kier alpha value is -1.94. The van der Waals surface area contributed by atoms with Gasteiger partial charge in [0.05, 0.1) is 6.04 Å². The number of anilines is 1. The van der Waals surface area contributed by atoms with Crippen molar-refractivity contribution in [2.24, 2.45) is 0 Å². The minimum atomic E-state index is -0.585. The molecule has 1 unspecified atom stereocenters. The van der Waals surface area contributed by atoms with E-state index in [1.165, 1.54) is 12.1 Å². The molecule has 0 aromatic heterocycles. The molecule has 0 spiro atoms. The van der Waals surface area contributed by atoms with Gasteiger partial charge in [-0.15, -0.1) is 0 Å². The fraction of sp³-hybridized carbons (Fsp3) is 0.143. The van der Waals surface area contributed by atoms with E-state index in [0.717, 1.165) is 11.6 Å². The second kappa shape index (κ2) is 5.14. The number of nitrogens with two attached hydrogens (primary N) is 1. The van der Waals surface area contributed by atoms with Crippen LogP contribution >= 0.6 is 0 Å². The second-order valence-corrected chi connectivity index (χ2v) is 4.06. The lowest BCUT2D eigenvalue weighted by Gasteiger charge is -2.18. The Kier molecular flexibility index (Phi) is 3.58. The summed E-state index contributed by atoms with van der Waals surface area (Å²) in [5.74, 6) is -1.16. The number of benzene rings is 2. The average Bonchev–Trinajstić information content (AvgIpc) is 2.33. The summed E-state index contributed by atoms with van der Waals surface area (Å²) in [7, 11) is 1.72. The van der Waals surface area contributed by atoms with Crippen LogP contribution in [0.1, 0.15) is 17.2 Å². The van der Waals surface area contributed by atoms with Crippen LogP contribution in [-0.2, 0) is 0 Å². The highest BCUT2D eigenvalue weighted by molar-refractivity contribution is 5.44. The standard InChI is InChI=1S/C14H14F2N2/c1-18-14(9-3-2-4-11(17)7-9)12-6-5-10(15)8-13(12)16/h2-8,14,18H,17H2,1H3. The van der Waals surface area contributed by atoms with Crippen molar-refractivity contribution in [3.05, 3.63) is 65.2 Å². The monoisotopic (exact) mass is 248 g/mol. The molecule has 0 aliphatic rings. The SMILES string of the molecule is CNC(c1cccc(N)c1)c1ccc(F)cc1F. The highest BCUT2D eigenvalue weighted by atomic mass is 19.1.